The minimum Gasteiger partial charge on any atom is -0.508 e. The van der Waals surface area contributed by atoms with Gasteiger partial charge >= 0.3 is 0 Å². The van der Waals surface area contributed by atoms with Crippen LogP contribution in [0.25, 0.3) is 0 Å². The van der Waals surface area contributed by atoms with Crippen molar-refractivity contribution in [3.05, 3.63) is 102 Å². The molecule has 1 aliphatic heterocycles. The average molecular weight is 404 g/mol. The molecule has 4 heteroatoms. The van der Waals surface area contributed by atoms with Crippen LogP contribution in [0.5, 0.6) is 5.75 Å². The Morgan fingerprint density at radius 2 is 1.43 bits per heavy atom. The number of benzene rings is 3. The molecule has 0 aliphatic carbocycles. The predicted molar refractivity (Wildman–Crippen MR) is 119 cm³/mol. The highest BCUT2D eigenvalue weighted by Gasteiger charge is 2.40. The van der Waals surface area contributed by atoms with Gasteiger partial charge in [0.25, 0.3) is 0 Å². The van der Waals surface area contributed by atoms with E-state index in [9.17, 15) is 10.2 Å². The molecule has 3 aromatic carbocycles. The predicted octanol–water partition coefficient (Wildman–Crippen LogP) is 3.94. The lowest BCUT2D eigenvalue weighted by molar-refractivity contribution is -0.0223. The van der Waals surface area contributed by atoms with E-state index in [2.05, 4.69) is 29.2 Å². The highest BCUT2D eigenvalue weighted by molar-refractivity contribution is 5.37. The number of phenols is 1. The Labute approximate surface area is 178 Å². The Balaban J connectivity index is 1.77. The molecule has 1 aliphatic rings. The molecular weight excluding hydrogens is 374 g/mol. The first-order valence-electron chi connectivity index (χ1n) is 10.6. The lowest BCUT2D eigenvalue weighted by atomic mass is 9.73. The number of hydrogen-bond acceptors (Lipinski definition) is 4. The zero-order chi connectivity index (χ0) is 20.8. The van der Waals surface area contributed by atoms with E-state index in [0.29, 0.717) is 6.42 Å². The van der Waals surface area contributed by atoms with Gasteiger partial charge in [-0.2, -0.15) is 0 Å². The van der Waals surface area contributed by atoms with Gasteiger partial charge in [0, 0.05) is 32.0 Å². The molecule has 3 aromatic rings. The van der Waals surface area contributed by atoms with Crippen molar-refractivity contribution in [2.24, 2.45) is 0 Å². The maximum atomic E-state index is 12.3. The summed E-state index contributed by atoms with van der Waals surface area (Å²) in [5.41, 5.74) is 1.87. The molecule has 0 saturated carbocycles. The SMILES string of the molecule is Oc1ccc(C(O)(Cc2ccccc2)C(CN2CCOCC2)c2ccccc2)cc1. The lowest BCUT2D eigenvalue weighted by Gasteiger charge is -2.41. The Morgan fingerprint density at radius 3 is 2.07 bits per heavy atom. The van der Waals surface area contributed by atoms with E-state index in [1.807, 2.05) is 48.5 Å². The minimum atomic E-state index is -1.13. The molecule has 4 rings (SSSR count). The summed E-state index contributed by atoms with van der Waals surface area (Å²) in [6.45, 7) is 3.90. The van der Waals surface area contributed by atoms with E-state index in [1.54, 1.807) is 12.1 Å². The van der Waals surface area contributed by atoms with Crippen molar-refractivity contribution in [3.8, 4) is 5.75 Å². The molecule has 1 heterocycles. The summed E-state index contributed by atoms with van der Waals surface area (Å²) in [6, 6.07) is 27.4. The van der Waals surface area contributed by atoms with Gasteiger partial charge in [0.2, 0.25) is 0 Å². The molecule has 0 aromatic heterocycles. The van der Waals surface area contributed by atoms with Crippen LogP contribution >= 0.6 is 0 Å². The normalized spacial score (nSPS) is 17.9. The molecule has 0 amide bonds. The molecule has 0 spiro atoms. The van der Waals surface area contributed by atoms with Gasteiger partial charge in [-0.15, -0.1) is 0 Å². The largest absolute Gasteiger partial charge is 0.508 e. The van der Waals surface area contributed by atoms with E-state index in [-0.39, 0.29) is 11.7 Å². The Bertz CT molecular complexity index is 908. The average Bonchev–Trinajstić information content (AvgIpc) is 2.80. The van der Waals surface area contributed by atoms with Gasteiger partial charge in [-0.3, -0.25) is 4.90 Å². The summed E-state index contributed by atoms with van der Waals surface area (Å²) in [5, 5.41) is 22.2. The summed E-state index contributed by atoms with van der Waals surface area (Å²) >= 11 is 0. The second-order valence-corrected chi connectivity index (χ2v) is 8.01. The highest BCUT2D eigenvalue weighted by Crippen LogP contribution is 2.41. The van der Waals surface area contributed by atoms with Crippen molar-refractivity contribution < 1.29 is 14.9 Å². The van der Waals surface area contributed by atoms with Gasteiger partial charge in [-0.05, 0) is 28.8 Å². The van der Waals surface area contributed by atoms with Crippen LogP contribution in [0.1, 0.15) is 22.6 Å². The second kappa shape index (κ2) is 9.43. The molecular formula is C26H29NO3. The summed E-state index contributed by atoms with van der Waals surface area (Å²) in [7, 11) is 0. The number of hydrogen-bond donors (Lipinski definition) is 2. The van der Waals surface area contributed by atoms with Crippen molar-refractivity contribution in [1.82, 2.24) is 4.90 Å². The molecule has 4 nitrogen and oxygen atoms in total. The minimum absolute atomic E-state index is 0.137. The summed E-state index contributed by atoms with van der Waals surface area (Å²) in [4.78, 5) is 2.37. The third-order valence-corrected chi connectivity index (χ3v) is 6.01. The summed E-state index contributed by atoms with van der Waals surface area (Å²) in [6.07, 6.45) is 0.489. The number of aliphatic hydroxyl groups is 1. The first-order valence-corrected chi connectivity index (χ1v) is 10.6. The van der Waals surface area contributed by atoms with Crippen molar-refractivity contribution >= 4 is 0 Å². The number of ether oxygens (including phenoxy) is 1. The molecule has 30 heavy (non-hydrogen) atoms. The van der Waals surface area contributed by atoms with Crippen LogP contribution < -0.4 is 0 Å². The van der Waals surface area contributed by atoms with Crippen molar-refractivity contribution in [1.29, 1.82) is 0 Å². The molecule has 1 fully saturated rings. The van der Waals surface area contributed by atoms with E-state index in [0.717, 1.165) is 49.5 Å². The van der Waals surface area contributed by atoms with Gasteiger partial charge in [0.05, 0.1) is 13.2 Å². The number of rotatable bonds is 7. The van der Waals surface area contributed by atoms with Gasteiger partial charge in [0.15, 0.2) is 0 Å². The van der Waals surface area contributed by atoms with E-state index < -0.39 is 5.60 Å². The van der Waals surface area contributed by atoms with Gasteiger partial charge < -0.3 is 14.9 Å². The van der Waals surface area contributed by atoms with Crippen molar-refractivity contribution in [2.45, 2.75) is 17.9 Å². The van der Waals surface area contributed by atoms with E-state index >= 15 is 0 Å². The second-order valence-electron chi connectivity index (χ2n) is 8.01. The number of phenolic OH excluding ortho intramolecular Hbond substituents is 1. The fraction of sp³-hybridized carbons (Fsp3) is 0.308. The first kappa shape index (κ1) is 20.6. The van der Waals surface area contributed by atoms with Crippen LogP contribution in [0.4, 0.5) is 0 Å². The molecule has 1 saturated heterocycles. The molecule has 2 unspecified atom stereocenters. The number of nitrogens with zero attached hydrogens (tertiary/aromatic N) is 1. The molecule has 2 atom stereocenters. The van der Waals surface area contributed by atoms with Crippen LogP contribution in [0.2, 0.25) is 0 Å². The quantitative estimate of drug-likeness (QED) is 0.627. The van der Waals surface area contributed by atoms with Gasteiger partial charge in [-0.25, -0.2) is 0 Å². The first-order chi connectivity index (χ1) is 14.6. The third kappa shape index (κ3) is 4.73. The fourth-order valence-corrected chi connectivity index (χ4v) is 4.34. The van der Waals surface area contributed by atoms with E-state index in [4.69, 9.17) is 4.74 Å². The topological polar surface area (TPSA) is 52.9 Å². The zero-order valence-corrected chi connectivity index (χ0v) is 17.2. The standard InChI is InChI=1S/C26H29NO3/c28-24-13-11-23(12-14-24)26(29,19-21-7-3-1-4-8-21)25(22-9-5-2-6-10-22)20-27-15-17-30-18-16-27/h1-14,25,28-29H,15-20H2. The third-order valence-electron chi connectivity index (χ3n) is 6.01. The maximum Gasteiger partial charge on any atom is 0.115 e. The monoisotopic (exact) mass is 403 g/mol. The Kier molecular flexibility index (Phi) is 6.48. The van der Waals surface area contributed by atoms with Crippen LogP contribution in [-0.2, 0) is 16.8 Å². The summed E-state index contributed by atoms with van der Waals surface area (Å²) < 4.78 is 5.53. The van der Waals surface area contributed by atoms with Crippen molar-refractivity contribution in [3.63, 3.8) is 0 Å². The molecule has 0 bridgehead atoms. The van der Waals surface area contributed by atoms with Crippen LogP contribution in [-0.4, -0.2) is 48.0 Å². The van der Waals surface area contributed by atoms with Crippen LogP contribution in [0.15, 0.2) is 84.9 Å². The van der Waals surface area contributed by atoms with E-state index in [1.165, 1.54) is 0 Å². The summed E-state index contributed by atoms with van der Waals surface area (Å²) in [5.74, 6) is 0.0619. The van der Waals surface area contributed by atoms with Gasteiger partial charge in [0.1, 0.15) is 11.4 Å². The van der Waals surface area contributed by atoms with Crippen molar-refractivity contribution in [2.75, 3.05) is 32.8 Å². The van der Waals surface area contributed by atoms with Crippen LogP contribution in [0, 0.1) is 0 Å². The molecule has 2 N–H and O–H groups in total. The highest BCUT2D eigenvalue weighted by atomic mass is 16.5. The zero-order valence-electron chi connectivity index (χ0n) is 17.2. The van der Waals surface area contributed by atoms with Crippen LogP contribution in [0.3, 0.4) is 0 Å². The fourth-order valence-electron chi connectivity index (χ4n) is 4.34. The lowest BCUT2D eigenvalue weighted by Crippen LogP contribution is -2.45. The molecule has 0 radical (unpaired) electrons. The number of aromatic hydroxyl groups is 1. The Hall–Kier alpha value is -2.66. The smallest absolute Gasteiger partial charge is 0.115 e. The molecule has 156 valence electrons. The maximum absolute atomic E-state index is 12.3. The number of morpholine rings is 1. The van der Waals surface area contributed by atoms with Gasteiger partial charge in [-0.1, -0.05) is 72.8 Å². The Morgan fingerprint density at radius 1 is 0.833 bits per heavy atom.